The zero-order valence-corrected chi connectivity index (χ0v) is 30.9. The molecular weight excluding hydrogens is 703 g/mol. The number of nitrogens with zero attached hydrogens (tertiary/aromatic N) is 2. The summed E-state index contributed by atoms with van der Waals surface area (Å²) < 4.78 is 45.6. The van der Waals surface area contributed by atoms with Crippen LogP contribution in [0.2, 0.25) is 0 Å². The molecule has 15 heteroatoms. The Morgan fingerprint density at radius 3 is 2.74 bits per heavy atom. The summed E-state index contributed by atoms with van der Waals surface area (Å²) in [5, 5.41) is 6.58. The zero-order valence-electron chi connectivity index (χ0n) is 30.0. The van der Waals surface area contributed by atoms with Crippen LogP contribution in [-0.2, 0) is 29.1 Å². The molecule has 4 heterocycles. The lowest BCUT2D eigenvalue weighted by Gasteiger charge is -2.29. The highest BCUT2D eigenvalue weighted by Gasteiger charge is 2.62. The second kappa shape index (κ2) is 15.0. The quantitative estimate of drug-likeness (QED) is 0.390. The van der Waals surface area contributed by atoms with Crippen molar-refractivity contribution in [3.05, 3.63) is 48.2 Å². The van der Waals surface area contributed by atoms with Crippen LogP contribution in [0.4, 0.5) is 4.79 Å². The van der Waals surface area contributed by atoms with Crippen molar-refractivity contribution in [2.45, 2.75) is 100 Å². The van der Waals surface area contributed by atoms with E-state index >= 15 is 0 Å². The third-order valence-electron chi connectivity index (χ3n) is 10.8. The van der Waals surface area contributed by atoms with Crippen LogP contribution in [0.25, 0.3) is 16.8 Å². The maximum Gasteiger partial charge on any atom is 0.407 e. The first-order valence-electron chi connectivity index (χ1n) is 18.6. The lowest BCUT2D eigenvalue weighted by atomic mass is 10.0. The Morgan fingerprint density at radius 2 is 1.94 bits per heavy atom. The number of amides is 4. The fourth-order valence-corrected chi connectivity index (χ4v) is 8.86. The van der Waals surface area contributed by atoms with Crippen molar-refractivity contribution in [1.82, 2.24) is 25.2 Å². The second-order valence-electron chi connectivity index (χ2n) is 15.0. The van der Waals surface area contributed by atoms with Crippen LogP contribution in [0, 0.1) is 11.8 Å². The molecule has 5 aliphatic rings. The van der Waals surface area contributed by atoms with Gasteiger partial charge in [0, 0.05) is 29.5 Å². The molecule has 3 N–H and O–H groups in total. The molecule has 5 bridgehead atoms. The molecule has 1 aromatic carbocycles. The van der Waals surface area contributed by atoms with E-state index in [4.69, 9.17) is 14.2 Å². The Morgan fingerprint density at radius 1 is 1.11 bits per heavy atom. The Labute approximate surface area is 309 Å². The van der Waals surface area contributed by atoms with E-state index < -0.39 is 68.7 Å². The second-order valence-corrected chi connectivity index (χ2v) is 16.9. The molecule has 2 saturated carbocycles. The minimum Gasteiger partial charge on any atom is -0.496 e. The number of fused-ring (bicyclic) bond motifs is 4. The minimum atomic E-state index is -3.88. The highest BCUT2D eigenvalue weighted by molar-refractivity contribution is 7.91. The number of methoxy groups -OCH3 is 1. The lowest BCUT2D eigenvalue weighted by Crippen LogP contribution is -2.58. The molecule has 14 nitrogen and oxygen atoms in total. The van der Waals surface area contributed by atoms with Crippen LogP contribution in [0.3, 0.4) is 0 Å². The van der Waals surface area contributed by atoms with Gasteiger partial charge in [-0.1, -0.05) is 44.1 Å². The number of sulfonamides is 1. The van der Waals surface area contributed by atoms with Crippen LogP contribution in [0.15, 0.2) is 42.6 Å². The maximum absolute atomic E-state index is 14.5. The molecule has 53 heavy (non-hydrogen) atoms. The van der Waals surface area contributed by atoms with Crippen molar-refractivity contribution < 1.29 is 41.8 Å². The van der Waals surface area contributed by atoms with E-state index in [1.807, 2.05) is 49.4 Å². The van der Waals surface area contributed by atoms with E-state index in [1.54, 1.807) is 13.3 Å². The number of hydrogen-bond acceptors (Lipinski definition) is 10. The molecule has 1 aromatic heterocycles. The van der Waals surface area contributed by atoms with Crippen LogP contribution in [0.1, 0.15) is 76.7 Å². The molecule has 284 valence electrons. The highest BCUT2D eigenvalue weighted by Crippen LogP contribution is 2.46. The number of ether oxygens (including phenoxy) is 3. The van der Waals surface area contributed by atoms with E-state index in [2.05, 4.69) is 20.3 Å². The average Bonchev–Trinajstić information content (AvgIpc) is 4.06. The number of allylic oxidation sites excluding steroid dienone is 2. The van der Waals surface area contributed by atoms with Crippen molar-refractivity contribution in [1.29, 1.82) is 0 Å². The van der Waals surface area contributed by atoms with E-state index in [0.717, 1.165) is 29.2 Å². The van der Waals surface area contributed by atoms with Crippen LogP contribution in [0.5, 0.6) is 11.6 Å². The third-order valence-corrected chi connectivity index (χ3v) is 12.6. The number of nitrogens with one attached hydrogen (secondary N) is 3. The van der Waals surface area contributed by atoms with Gasteiger partial charge in [0.15, 0.2) is 0 Å². The first-order valence-corrected chi connectivity index (χ1v) is 20.1. The van der Waals surface area contributed by atoms with Gasteiger partial charge < -0.3 is 29.7 Å². The molecule has 2 aromatic rings. The predicted molar refractivity (Wildman–Crippen MR) is 195 cm³/mol. The Kier molecular flexibility index (Phi) is 10.4. The molecule has 6 atom stereocenters. The van der Waals surface area contributed by atoms with Gasteiger partial charge in [-0.2, -0.15) is 0 Å². The summed E-state index contributed by atoms with van der Waals surface area (Å²) in [5.41, 5.74) is -0.699. The van der Waals surface area contributed by atoms with Crippen LogP contribution >= 0.6 is 0 Å². The van der Waals surface area contributed by atoms with Crippen LogP contribution < -0.4 is 24.8 Å². The average molecular weight is 750 g/mol. The molecule has 7 rings (SSSR count). The number of pyridine rings is 1. The molecule has 0 radical (unpaired) electrons. The topological polar surface area (TPSA) is 182 Å². The molecule has 1 saturated heterocycles. The van der Waals surface area contributed by atoms with Gasteiger partial charge in [-0.3, -0.25) is 19.1 Å². The Hall–Kier alpha value is -4.66. The fraction of sp³-hybridized carbons (Fsp3) is 0.553. The van der Waals surface area contributed by atoms with Gasteiger partial charge in [0.2, 0.25) is 27.7 Å². The number of aromatic nitrogens is 1. The van der Waals surface area contributed by atoms with Crippen molar-refractivity contribution in [2.24, 2.45) is 11.8 Å². The molecule has 0 spiro atoms. The van der Waals surface area contributed by atoms with Gasteiger partial charge in [-0.05, 0) is 74.4 Å². The molecule has 4 amide bonds. The standard InChI is InChI=1S/C38H47N5O9S/c1-23-9-8-10-25-17-29-24(18-32(25)50-2)15-16-39-34(29)52-27-19-31-33(44)41-38(36(46)42-53(48,49)28-13-14-28)20-26(38)11-6-4-3-5-7-12-30(35(45)43(31)21-27)40-37(47)51-22-23/h6,8,10-11,15-18,23,26-28,30-31H,3-5,7,9,12-14,19-22H2,1-2H3,(H,40,47)(H,41,44)(H,42,46)/b10-8+,11-6-/t23-,26?,27-,30+,31+,38-/m1/s1. The number of carbonyl (C=O) groups is 4. The fourth-order valence-electron chi connectivity index (χ4n) is 7.49. The zero-order chi connectivity index (χ0) is 37.3. The van der Waals surface area contributed by atoms with Crippen molar-refractivity contribution >= 4 is 50.7 Å². The van der Waals surface area contributed by atoms with Gasteiger partial charge >= 0.3 is 6.09 Å². The minimum absolute atomic E-state index is 0.000745. The predicted octanol–water partition coefficient (Wildman–Crippen LogP) is 3.74. The van der Waals surface area contributed by atoms with Gasteiger partial charge in [-0.25, -0.2) is 18.2 Å². The molecular formula is C38H47N5O9S. The number of hydrogen-bond donors (Lipinski definition) is 3. The monoisotopic (exact) mass is 749 g/mol. The summed E-state index contributed by atoms with van der Waals surface area (Å²) in [6.07, 6.45) is 13.0. The Bertz CT molecular complexity index is 1950. The van der Waals surface area contributed by atoms with E-state index in [-0.39, 0.29) is 31.9 Å². The number of rotatable bonds is 4. The third kappa shape index (κ3) is 7.99. The smallest absolute Gasteiger partial charge is 0.407 e. The number of benzene rings is 1. The van der Waals surface area contributed by atoms with Gasteiger partial charge in [0.25, 0.3) is 5.91 Å². The van der Waals surface area contributed by atoms with Crippen molar-refractivity contribution in [3.63, 3.8) is 0 Å². The summed E-state index contributed by atoms with van der Waals surface area (Å²) in [6.45, 7) is 2.08. The van der Waals surface area contributed by atoms with Gasteiger partial charge in [-0.15, -0.1) is 0 Å². The summed E-state index contributed by atoms with van der Waals surface area (Å²) in [4.78, 5) is 61.6. The maximum atomic E-state index is 14.5. The summed E-state index contributed by atoms with van der Waals surface area (Å²) in [6, 6.07) is 3.59. The highest BCUT2D eigenvalue weighted by atomic mass is 32.2. The summed E-state index contributed by atoms with van der Waals surface area (Å²) >= 11 is 0. The lowest BCUT2D eigenvalue weighted by molar-refractivity contribution is -0.141. The first kappa shape index (κ1) is 36.7. The van der Waals surface area contributed by atoms with Crippen molar-refractivity contribution in [2.75, 3.05) is 20.3 Å². The van der Waals surface area contributed by atoms with E-state index in [0.29, 0.717) is 50.2 Å². The molecule has 3 aliphatic heterocycles. The van der Waals surface area contributed by atoms with Gasteiger partial charge in [0.1, 0.15) is 29.5 Å². The number of carbonyl (C=O) groups excluding carboxylic acids is 4. The first-order chi connectivity index (χ1) is 25.5. The number of cyclic esters (lactones) is 1. The normalized spacial score (nSPS) is 30.9. The molecule has 1 unspecified atom stereocenters. The Balaban J connectivity index is 1.24. The van der Waals surface area contributed by atoms with Crippen molar-refractivity contribution in [3.8, 4) is 11.6 Å². The van der Waals surface area contributed by atoms with Gasteiger partial charge in [0.05, 0.1) is 25.5 Å². The van der Waals surface area contributed by atoms with E-state index in [1.165, 1.54) is 4.90 Å². The summed E-state index contributed by atoms with van der Waals surface area (Å²) in [5.74, 6) is -1.34. The largest absolute Gasteiger partial charge is 0.496 e. The van der Waals surface area contributed by atoms with E-state index in [9.17, 15) is 27.6 Å². The number of alkyl carbamates (subject to hydrolysis) is 1. The molecule has 3 fully saturated rings. The summed E-state index contributed by atoms with van der Waals surface area (Å²) in [7, 11) is -2.29. The SMILES string of the molecule is COc1cc2ccnc3c2cc1/C=C/C[C@@H](C)COC(=O)N[C@H]1CCCCC/C=C\C2C[C@@]2(C(=O)NS(=O)(=O)C2CC2)NC(=O)[C@@H]2C[C@H](CN2C1=O)O3. The molecule has 2 aliphatic carbocycles. The van der Waals surface area contributed by atoms with Crippen LogP contribution in [-0.4, -0.2) is 91.4 Å².